The standard InChI is InChI=1S/C21H21N3O2/c1-24(18-6-4-3-5-7-18)19-12-17(14-22-15-19)21(25)23-13-16-8-10-20(26-2)11-9-16/h3-12,14-15H,13H2,1-2H3,(H,23,25). The van der Waals surface area contributed by atoms with Crippen LogP contribution in [0.1, 0.15) is 15.9 Å². The zero-order chi connectivity index (χ0) is 18.4. The number of carbonyl (C=O) groups is 1. The van der Waals surface area contributed by atoms with Crippen LogP contribution in [0.25, 0.3) is 0 Å². The van der Waals surface area contributed by atoms with E-state index in [0.29, 0.717) is 12.1 Å². The molecule has 1 aromatic heterocycles. The number of amides is 1. The molecular weight excluding hydrogens is 326 g/mol. The molecule has 1 heterocycles. The van der Waals surface area contributed by atoms with Crippen LogP contribution in [0.5, 0.6) is 5.75 Å². The summed E-state index contributed by atoms with van der Waals surface area (Å²) in [6.07, 6.45) is 3.32. The van der Waals surface area contributed by atoms with Gasteiger partial charge in [-0.15, -0.1) is 0 Å². The summed E-state index contributed by atoms with van der Waals surface area (Å²) in [5, 5.41) is 2.92. The molecule has 2 aromatic carbocycles. The number of pyridine rings is 1. The van der Waals surface area contributed by atoms with Crippen molar-refractivity contribution in [1.29, 1.82) is 0 Å². The molecule has 0 radical (unpaired) electrons. The lowest BCUT2D eigenvalue weighted by molar-refractivity contribution is 0.0950. The maximum absolute atomic E-state index is 12.5. The number of methoxy groups -OCH3 is 1. The van der Waals surface area contributed by atoms with Gasteiger partial charge in [0.2, 0.25) is 0 Å². The van der Waals surface area contributed by atoms with Gasteiger partial charge in [-0.25, -0.2) is 0 Å². The topological polar surface area (TPSA) is 54.5 Å². The Morgan fingerprint density at radius 1 is 1.04 bits per heavy atom. The zero-order valence-electron chi connectivity index (χ0n) is 14.8. The van der Waals surface area contributed by atoms with Crippen LogP contribution in [0.15, 0.2) is 73.1 Å². The van der Waals surface area contributed by atoms with E-state index in [1.54, 1.807) is 19.5 Å². The highest BCUT2D eigenvalue weighted by atomic mass is 16.5. The Hall–Kier alpha value is -3.34. The van der Waals surface area contributed by atoms with Crippen LogP contribution in [-0.4, -0.2) is 25.0 Å². The predicted octanol–water partition coefficient (Wildman–Crippen LogP) is 3.79. The van der Waals surface area contributed by atoms with E-state index < -0.39 is 0 Å². The molecule has 132 valence electrons. The smallest absolute Gasteiger partial charge is 0.253 e. The Kier molecular flexibility index (Phi) is 5.49. The molecule has 0 spiro atoms. The molecule has 3 aromatic rings. The van der Waals surface area contributed by atoms with Gasteiger partial charge >= 0.3 is 0 Å². The molecule has 1 N–H and O–H groups in total. The highest BCUT2D eigenvalue weighted by molar-refractivity contribution is 5.94. The number of aromatic nitrogens is 1. The van der Waals surface area contributed by atoms with Crippen molar-refractivity contribution in [3.05, 3.63) is 84.2 Å². The van der Waals surface area contributed by atoms with Gasteiger partial charge in [0.15, 0.2) is 0 Å². The highest BCUT2D eigenvalue weighted by Gasteiger charge is 2.10. The lowest BCUT2D eigenvalue weighted by atomic mass is 10.2. The number of nitrogens with zero attached hydrogens (tertiary/aromatic N) is 2. The van der Waals surface area contributed by atoms with Crippen molar-refractivity contribution in [2.45, 2.75) is 6.54 Å². The minimum absolute atomic E-state index is 0.156. The Morgan fingerprint density at radius 3 is 2.46 bits per heavy atom. The van der Waals surface area contributed by atoms with E-state index in [1.165, 1.54) is 0 Å². The highest BCUT2D eigenvalue weighted by Crippen LogP contribution is 2.23. The van der Waals surface area contributed by atoms with E-state index in [-0.39, 0.29) is 5.91 Å². The van der Waals surface area contributed by atoms with Crippen molar-refractivity contribution in [2.24, 2.45) is 0 Å². The van der Waals surface area contributed by atoms with E-state index in [2.05, 4.69) is 10.3 Å². The first-order valence-electron chi connectivity index (χ1n) is 8.32. The molecule has 0 bridgehead atoms. The Bertz CT molecular complexity index is 864. The van der Waals surface area contributed by atoms with Gasteiger partial charge in [0.1, 0.15) is 5.75 Å². The summed E-state index contributed by atoms with van der Waals surface area (Å²) in [5.74, 6) is 0.637. The van der Waals surface area contributed by atoms with Gasteiger partial charge in [-0.2, -0.15) is 0 Å². The van der Waals surface area contributed by atoms with Gasteiger partial charge in [0, 0.05) is 25.5 Å². The van der Waals surface area contributed by atoms with Crippen molar-refractivity contribution < 1.29 is 9.53 Å². The molecule has 1 amide bonds. The third-order valence-electron chi connectivity index (χ3n) is 4.13. The van der Waals surface area contributed by atoms with Gasteiger partial charge in [0.05, 0.1) is 24.6 Å². The van der Waals surface area contributed by atoms with E-state index in [9.17, 15) is 4.79 Å². The lowest BCUT2D eigenvalue weighted by Gasteiger charge is -2.19. The molecule has 26 heavy (non-hydrogen) atoms. The number of rotatable bonds is 6. The van der Waals surface area contributed by atoms with Gasteiger partial charge < -0.3 is 15.0 Å². The summed E-state index contributed by atoms with van der Waals surface area (Å²) in [6, 6.07) is 19.4. The number of hydrogen-bond donors (Lipinski definition) is 1. The largest absolute Gasteiger partial charge is 0.497 e. The SMILES string of the molecule is COc1ccc(CNC(=O)c2cncc(N(C)c3ccccc3)c2)cc1. The van der Waals surface area contributed by atoms with E-state index in [1.807, 2.05) is 72.6 Å². The molecule has 0 unspecified atom stereocenters. The third-order valence-corrected chi connectivity index (χ3v) is 4.13. The molecule has 5 nitrogen and oxygen atoms in total. The van der Waals surface area contributed by atoms with Crippen LogP contribution in [0, 0.1) is 0 Å². The van der Waals surface area contributed by atoms with Gasteiger partial charge in [-0.1, -0.05) is 30.3 Å². The Labute approximate surface area is 153 Å². The summed E-state index contributed by atoms with van der Waals surface area (Å²) in [4.78, 5) is 18.7. The van der Waals surface area contributed by atoms with Gasteiger partial charge in [-0.05, 0) is 35.9 Å². The van der Waals surface area contributed by atoms with Crippen LogP contribution in [0.4, 0.5) is 11.4 Å². The first-order chi connectivity index (χ1) is 12.7. The summed E-state index contributed by atoms with van der Waals surface area (Å²) in [5.41, 5.74) is 3.42. The van der Waals surface area contributed by atoms with Crippen LogP contribution in [0.2, 0.25) is 0 Å². The summed E-state index contributed by atoms with van der Waals surface area (Å²) >= 11 is 0. The molecular formula is C21H21N3O2. The second kappa shape index (κ2) is 8.16. The minimum atomic E-state index is -0.156. The van der Waals surface area contributed by atoms with Crippen molar-refractivity contribution in [3.8, 4) is 5.75 Å². The number of carbonyl (C=O) groups excluding carboxylic acids is 1. The third kappa shape index (κ3) is 4.19. The average molecular weight is 347 g/mol. The van der Waals surface area contributed by atoms with Crippen molar-refractivity contribution in [2.75, 3.05) is 19.1 Å². The monoisotopic (exact) mass is 347 g/mol. The number of anilines is 2. The second-order valence-corrected chi connectivity index (χ2v) is 5.86. The number of benzene rings is 2. The average Bonchev–Trinajstić information content (AvgIpc) is 2.72. The number of para-hydroxylation sites is 1. The van der Waals surface area contributed by atoms with Crippen molar-refractivity contribution in [1.82, 2.24) is 10.3 Å². The molecule has 0 fully saturated rings. The zero-order valence-corrected chi connectivity index (χ0v) is 14.8. The van der Waals surface area contributed by atoms with E-state index in [0.717, 1.165) is 22.7 Å². The lowest BCUT2D eigenvalue weighted by Crippen LogP contribution is -2.23. The fourth-order valence-electron chi connectivity index (χ4n) is 2.56. The van der Waals surface area contributed by atoms with Gasteiger partial charge in [0.25, 0.3) is 5.91 Å². The van der Waals surface area contributed by atoms with E-state index >= 15 is 0 Å². The molecule has 0 aliphatic rings. The maximum atomic E-state index is 12.5. The molecule has 3 rings (SSSR count). The summed E-state index contributed by atoms with van der Waals surface area (Å²) in [6.45, 7) is 0.446. The Morgan fingerprint density at radius 2 is 1.77 bits per heavy atom. The number of hydrogen-bond acceptors (Lipinski definition) is 4. The van der Waals surface area contributed by atoms with Crippen molar-refractivity contribution in [3.63, 3.8) is 0 Å². The first kappa shape index (κ1) is 17.5. The number of nitrogens with one attached hydrogen (secondary N) is 1. The van der Waals surface area contributed by atoms with Crippen LogP contribution < -0.4 is 15.0 Å². The normalized spacial score (nSPS) is 10.2. The molecule has 5 heteroatoms. The molecule has 0 saturated heterocycles. The predicted molar refractivity (Wildman–Crippen MR) is 103 cm³/mol. The summed E-state index contributed by atoms with van der Waals surface area (Å²) in [7, 11) is 3.58. The van der Waals surface area contributed by atoms with Crippen LogP contribution in [0.3, 0.4) is 0 Å². The molecule has 0 aliphatic heterocycles. The fourth-order valence-corrected chi connectivity index (χ4v) is 2.56. The molecule has 0 aliphatic carbocycles. The Balaban J connectivity index is 1.67. The molecule has 0 saturated carbocycles. The fraction of sp³-hybridized carbons (Fsp3) is 0.143. The van der Waals surface area contributed by atoms with E-state index in [4.69, 9.17) is 4.74 Å². The molecule has 0 atom stereocenters. The van der Waals surface area contributed by atoms with Gasteiger partial charge in [-0.3, -0.25) is 9.78 Å². The second-order valence-electron chi connectivity index (χ2n) is 5.86. The maximum Gasteiger partial charge on any atom is 0.253 e. The first-order valence-corrected chi connectivity index (χ1v) is 8.32. The number of ether oxygens (including phenoxy) is 1. The van der Waals surface area contributed by atoms with Crippen LogP contribution in [-0.2, 0) is 6.54 Å². The van der Waals surface area contributed by atoms with Crippen molar-refractivity contribution >= 4 is 17.3 Å². The summed E-state index contributed by atoms with van der Waals surface area (Å²) < 4.78 is 5.14. The van der Waals surface area contributed by atoms with Crippen LogP contribution >= 0.6 is 0 Å². The quantitative estimate of drug-likeness (QED) is 0.737. The minimum Gasteiger partial charge on any atom is -0.497 e.